The number of pyridine rings is 1. The van der Waals surface area contributed by atoms with Crippen LogP contribution in [-0.2, 0) is 0 Å². The highest BCUT2D eigenvalue weighted by Crippen LogP contribution is 2.28. The summed E-state index contributed by atoms with van der Waals surface area (Å²) in [6.45, 7) is 1.92. The molecule has 17 heavy (non-hydrogen) atoms. The molecule has 0 aliphatic rings. The van der Waals surface area contributed by atoms with Crippen molar-refractivity contribution in [3.63, 3.8) is 0 Å². The van der Waals surface area contributed by atoms with E-state index in [2.05, 4.69) is 32.9 Å². The van der Waals surface area contributed by atoms with Crippen LogP contribution in [-0.4, -0.2) is 4.98 Å². The topological polar surface area (TPSA) is 50.9 Å². The molecule has 0 radical (unpaired) electrons. The van der Waals surface area contributed by atoms with Gasteiger partial charge < -0.3 is 11.1 Å². The number of anilines is 3. The Balaban J connectivity index is 2.37. The van der Waals surface area contributed by atoms with Gasteiger partial charge in [-0.3, -0.25) is 0 Å². The standard InChI is InChI=1S/C12H11ClIN3/c1-7-2-5-10(15)12(16-7)17-11-6-8(14)3-4-9(11)13/h2-6H,15H2,1H3,(H,16,17). The molecular weight excluding hydrogens is 349 g/mol. The minimum absolute atomic E-state index is 0.602. The second-order valence-corrected chi connectivity index (χ2v) is 5.29. The molecular formula is C12H11ClIN3. The summed E-state index contributed by atoms with van der Waals surface area (Å²) in [5.41, 5.74) is 8.17. The predicted octanol–water partition coefficient (Wildman–Crippen LogP) is 3.97. The fourth-order valence-corrected chi connectivity index (χ4v) is 2.04. The lowest BCUT2D eigenvalue weighted by Gasteiger charge is -2.10. The van der Waals surface area contributed by atoms with Crippen molar-refractivity contribution in [1.29, 1.82) is 0 Å². The predicted molar refractivity (Wildman–Crippen MR) is 80.8 cm³/mol. The van der Waals surface area contributed by atoms with Gasteiger partial charge in [-0.1, -0.05) is 11.6 Å². The van der Waals surface area contributed by atoms with Gasteiger partial charge in [-0.05, 0) is 59.8 Å². The third-order valence-corrected chi connectivity index (χ3v) is 3.25. The number of nitrogens with zero attached hydrogens (tertiary/aromatic N) is 1. The van der Waals surface area contributed by atoms with Gasteiger partial charge in [0.25, 0.3) is 0 Å². The van der Waals surface area contributed by atoms with Crippen molar-refractivity contribution in [2.45, 2.75) is 6.92 Å². The van der Waals surface area contributed by atoms with E-state index in [0.717, 1.165) is 15.0 Å². The van der Waals surface area contributed by atoms with Crippen LogP contribution < -0.4 is 11.1 Å². The molecule has 0 atom stereocenters. The lowest BCUT2D eigenvalue weighted by atomic mass is 10.3. The minimum atomic E-state index is 0.602. The molecule has 1 aromatic heterocycles. The number of nitrogens with one attached hydrogen (secondary N) is 1. The maximum Gasteiger partial charge on any atom is 0.153 e. The number of nitrogen functional groups attached to an aromatic ring is 1. The number of aryl methyl sites for hydroxylation is 1. The van der Waals surface area contributed by atoms with Crippen molar-refractivity contribution in [3.8, 4) is 0 Å². The van der Waals surface area contributed by atoms with Gasteiger partial charge in [0, 0.05) is 9.26 Å². The highest BCUT2D eigenvalue weighted by atomic mass is 127. The van der Waals surface area contributed by atoms with Crippen molar-refractivity contribution in [1.82, 2.24) is 4.98 Å². The number of hydrogen-bond donors (Lipinski definition) is 2. The van der Waals surface area contributed by atoms with Crippen LogP contribution in [0, 0.1) is 10.5 Å². The zero-order valence-electron chi connectivity index (χ0n) is 9.17. The van der Waals surface area contributed by atoms with Crippen molar-refractivity contribution in [2.24, 2.45) is 0 Å². The average Bonchev–Trinajstić information content (AvgIpc) is 2.28. The van der Waals surface area contributed by atoms with Crippen LogP contribution in [0.4, 0.5) is 17.2 Å². The number of hydrogen-bond acceptors (Lipinski definition) is 3. The van der Waals surface area contributed by atoms with Crippen LogP contribution in [0.1, 0.15) is 5.69 Å². The number of halogens is 2. The van der Waals surface area contributed by atoms with E-state index in [0.29, 0.717) is 16.5 Å². The number of aromatic nitrogens is 1. The first-order valence-corrected chi connectivity index (χ1v) is 6.47. The van der Waals surface area contributed by atoms with E-state index < -0.39 is 0 Å². The van der Waals surface area contributed by atoms with E-state index >= 15 is 0 Å². The Hall–Kier alpha value is -1.01. The Morgan fingerprint density at radius 1 is 1.29 bits per heavy atom. The Labute approximate surface area is 119 Å². The van der Waals surface area contributed by atoms with Crippen LogP contribution in [0.2, 0.25) is 5.02 Å². The third-order valence-electron chi connectivity index (χ3n) is 2.25. The molecule has 0 unspecified atom stereocenters. The van der Waals surface area contributed by atoms with Gasteiger partial charge >= 0.3 is 0 Å². The summed E-state index contributed by atoms with van der Waals surface area (Å²) in [6, 6.07) is 9.44. The summed E-state index contributed by atoms with van der Waals surface area (Å²) < 4.78 is 1.10. The Kier molecular flexibility index (Phi) is 3.73. The molecule has 0 saturated carbocycles. The average molecular weight is 360 g/mol. The first-order chi connectivity index (χ1) is 8.06. The zero-order valence-corrected chi connectivity index (χ0v) is 12.1. The Bertz CT molecular complexity index is 508. The van der Waals surface area contributed by atoms with E-state index in [1.807, 2.05) is 37.3 Å². The highest BCUT2D eigenvalue weighted by Gasteiger charge is 2.05. The summed E-state index contributed by atoms with van der Waals surface area (Å²) in [5.74, 6) is 0.633. The smallest absolute Gasteiger partial charge is 0.153 e. The van der Waals surface area contributed by atoms with E-state index in [-0.39, 0.29) is 0 Å². The number of nitrogens with two attached hydrogens (primary N) is 1. The molecule has 3 nitrogen and oxygen atoms in total. The molecule has 2 rings (SSSR count). The molecule has 0 saturated heterocycles. The summed E-state index contributed by atoms with van der Waals surface area (Å²) in [5, 5.41) is 3.80. The second kappa shape index (κ2) is 5.10. The molecule has 2 aromatic rings. The molecule has 1 heterocycles. The highest BCUT2D eigenvalue weighted by molar-refractivity contribution is 14.1. The van der Waals surface area contributed by atoms with E-state index in [1.54, 1.807) is 0 Å². The van der Waals surface area contributed by atoms with Gasteiger partial charge in [0.15, 0.2) is 5.82 Å². The monoisotopic (exact) mass is 359 g/mol. The largest absolute Gasteiger partial charge is 0.396 e. The van der Waals surface area contributed by atoms with Gasteiger partial charge in [0.1, 0.15) is 0 Å². The van der Waals surface area contributed by atoms with E-state index in [1.165, 1.54) is 0 Å². The molecule has 0 spiro atoms. The summed E-state index contributed by atoms with van der Waals surface area (Å²) in [4.78, 5) is 4.34. The van der Waals surface area contributed by atoms with Gasteiger partial charge in [0.05, 0.1) is 16.4 Å². The van der Waals surface area contributed by atoms with Crippen LogP contribution in [0.5, 0.6) is 0 Å². The summed E-state index contributed by atoms with van der Waals surface area (Å²) in [7, 11) is 0. The zero-order chi connectivity index (χ0) is 12.4. The fourth-order valence-electron chi connectivity index (χ4n) is 1.39. The first kappa shape index (κ1) is 12.4. The van der Waals surface area contributed by atoms with E-state index in [9.17, 15) is 0 Å². The van der Waals surface area contributed by atoms with Crippen LogP contribution >= 0.6 is 34.2 Å². The summed E-state index contributed by atoms with van der Waals surface area (Å²) in [6.07, 6.45) is 0. The second-order valence-electron chi connectivity index (χ2n) is 3.64. The molecule has 5 heteroatoms. The molecule has 0 bridgehead atoms. The molecule has 3 N–H and O–H groups in total. The molecule has 1 aromatic carbocycles. The minimum Gasteiger partial charge on any atom is -0.396 e. The van der Waals surface area contributed by atoms with Crippen molar-refractivity contribution in [2.75, 3.05) is 11.1 Å². The van der Waals surface area contributed by atoms with Crippen molar-refractivity contribution >= 4 is 51.4 Å². The SMILES string of the molecule is Cc1ccc(N)c(Nc2cc(I)ccc2Cl)n1. The molecule has 88 valence electrons. The van der Waals surface area contributed by atoms with Gasteiger partial charge in [-0.15, -0.1) is 0 Å². The van der Waals surface area contributed by atoms with Crippen molar-refractivity contribution in [3.05, 3.63) is 44.6 Å². The number of rotatable bonds is 2. The van der Waals surface area contributed by atoms with Crippen LogP contribution in [0.15, 0.2) is 30.3 Å². The first-order valence-electron chi connectivity index (χ1n) is 5.01. The maximum atomic E-state index is 6.10. The normalized spacial score (nSPS) is 10.3. The number of benzene rings is 1. The lowest BCUT2D eigenvalue weighted by Crippen LogP contribution is -2.00. The van der Waals surface area contributed by atoms with Crippen LogP contribution in [0.3, 0.4) is 0 Å². The molecule has 0 amide bonds. The Morgan fingerprint density at radius 3 is 2.82 bits per heavy atom. The lowest BCUT2D eigenvalue weighted by molar-refractivity contribution is 1.20. The summed E-state index contributed by atoms with van der Waals surface area (Å²) >= 11 is 8.33. The van der Waals surface area contributed by atoms with Gasteiger partial charge in [0.2, 0.25) is 0 Å². The Morgan fingerprint density at radius 2 is 2.06 bits per heavy atom. The molecule has 0 fully saturated rings. The van der Waals surface area contributed by atoms with Gasteiger partial charge in [-0.25, -0.2) is 4.98 Å². The van der Waals surface area contributed by atoms with Crippen molar-refractivity contribution < 1.29 is 0 Å². The van der Waals surface area contributed by atoms with Crippen LogP contribution in [0.25, 0.3) is 0 Å². The third kappa shape index (κ3) is 3.01. The maximum absolute atomic E-state index is 6.10. The van der Waals surface area contributed by atoms with Gasteiger partial charge in [-0.2, -0.15) is 0 Å². The fraction of sp³-hybridized carbons (Fsp3) is 0.0833. The quantitative estimate of drug-likeness (QED) is 0.798. The molecule has 0 aliphatic carbocycles. The molecule has 0 aliphatic heterocycles. The van der Waals surface area contributed by atoms with E-state index in [4.69, 9.17) is 17.3 Å².